The van der Waals surface area contributed by atoms with E-state index in [1.807, 2.05) is 0 Å². The van der Waals surface area contributed by atoms with Crippen molar-refractivity contribution in [3.63, 3.8) is 0 Å². The zero-order valence-electron chi connectivity index (χ0n) is 12.6. The molecule has 1 amide bonds. The minimum Gasteiger partial charge on any atom is -0.550 e. The van der Waals surface area contributed by atoms with Crippen LogP contribution in [0.4, 0.5) is 5.69 Å². The average molecular weight is 306 g/mol. The fraction of sp³-hybridized carbons (Fsp3) is 0.438. The summed E-state index contributed by atoms with van der Waals surface area (Å²) in [7, 11) is 0. The Hall–Kier alpha value is -2.37. The molecule has 0 atom stereocenters. The lowest BCUT2D eigenvalue weighted by molar-refractivity contribution is -0.305. The molecular formula is C16H20NO5-. The summed E-state index contributed by atoms with van der Waals surface area (Å²) < 4.78 is 5.12. The number of carboxylic acid groups (broad SMARTS) is 1. The molecule has 0 spiro atoms. The van der Waals surface area contributed by atoms with Crippen LogP contribution in [0.1, 0.15) is 49.4 Å². The molecule has 120 valence electrons. The lowest BCUT2D eigenvalue weighted by Gasteiger charge is -2.07. The predicted octanol–water partition coefficient (Wildman–Crippen LogP) is 1.50. The average Bonchev–Trinajstić information content (AvgIpc) is 2.50. The standard InChI is InChI=1S/C16H21NO5/c1-2-3-4-11-22-16(21)12-5-7-13(8-6-12)17-14(18)9-10-15(19)20/h5-8H,2-4,9-11H2,1H3,(H,17,18)(H,19,20)/p-1. The molecule has 1 N–H and O–H groups in total. The molecule has 0 fully saturated rings. The van der Waals surface area contributed by atoms with Crippen molar-refractivity contribution in [1.29, 1.82) is 0 Å². The van der Waals surface area contributed by atoms with Gasteiger partial charge in [-0.05, 0) is 37.1 Å². The largest absolute Gasteiger partial charge is 0.550 e. The molecule has 1 aromatic rings. The first-order valence-electron chi connectivity index (χ1n) is 7.29. The highest BCUT2D eigenvalue weighted by Gasteiger charge is 2.08. The van der Waals surface area contributed by atoms with Gasteiger partial charge in [-0.15, -0.1) is 0 Å². The quantitative estimate of drug-likeness (QED) is 0.551. The van der Waals surface area contributed by atoms with Crippen LogP contribution < -0.4 is 10.4 Å². The van der Waals surface area contributed by atoms with E-state index in [0.29, 0.717) is 17.9 Å². The molecule has 6 nitrogen and oxygen atoms in total. The normalized spacial score (nSPS) is 10.0. The van der Waals surface area contributed by atoms with Crippen molar-refractivity contribution in [1.82, 2.24) is 0 Å². The highest BCUT2D eigenvalue weighted by molar-refractivity contribution is 5.93. The van der Waals surface area contributed by atoms with Crippen LogP contribution in [-0.4, -0.2) is 24.5 Å². The Labute approximate surface area is 129 Å². The molecule has 0 unspecified atom stereocenters. The number of amides is 1. The number of benzene rings is 1. The van der Waals surface area contributed by atoms with Gasteiger partial charge in [-0.25, -0.2) is 4.79 Å². The summed E-state index contributed by atoms with van der Waals surface area (Å²) in [6.07, 6.45) is 2.44. The molecule has 0 aliphatic heterocycles. The van der Waals surface area contributed by atoms with Crippen molar-refractivity contribution in [3.8, 4) is 0 Å². The molecule has 0 aromatic heterocycles. The van der Waals surface area contributed by atoms with Crippen LogP contribution in [0.25, 0.3) is 0 Å². The van der Waals surface area contributed by atoms with Crippen LogP contribution in [0.2, 0.25) is 0 Å². The van der Waals surface area contributed by atoms with E-state index in [2.05, 4.69) is 12.2 Å². The third-order valence-corrected chi connectivity index (χ3v) is 2.94. The Bertz CT molecular complexity index is 510. The van der Waals surface area contributed by atoms with Crippen LogP contribution >= 0.6 is 0 Å². The molecule has 0 radical (unpaired) electrons. The Morgan fingerprint density at radius 3 is 2.36 bits per heavy atom. The lowest BCUT2D eigenvalue weighted by Crippen LogP contribution is -2.24. The van der Waals surface area contributed by atoms with Gasteiger partial charge in [0, 0.05) is 18.1 Å². The summed E-state index contributed by atoms with van der Waals surface area (Å²) in [6.45, 7) is 2.47. The van der Waals surface area contributed by atoms with Crippen LogP contribution in [-0.2, 0) is 14.3 Å². The molecule has 1 rings (SSSR count). The van der Waals surface area contributed by atoms with Crippen LogP contribution in [0.3, 0.4) is 0 Å². The van der Waals surface area contributed by atoms with Crippen LogP contribution in [0, 0.1) is 0 Å². The van der Waals surface area contributed by atoms with Gasteiger partial charge in [0.25, 0.3) is 0 Å². The van der Waals surface area contributed by atoms with E-state index in [-0.39, 0.29) is 12.8 Å². The molecule has 0 aliphatic carbocycles. The van der Waals surface area contributed by atoms with E-state index in [1.54, 1.807) is 24.3 Å². The first-order valence-corrected chi connectivity index (χ1v) is 7.29. The molecule has 0 saturated carbocycles. The summed E-state index contributed by atoms with van der Waals surface area (Å²) in [5.41, 5.74) is 0.898. The lowest BCUT2D eigenvalue weighted by atomic mass is 10.2. The number of carbonyl (C=O) groups excluding carboxylic acids is 3. The minimum atomic E-state index is -1.27. The number of rotatable bonds is 9. The van der Waals surface area contributed by atoms with Crippen molar-refractivity contribution in [2.45, 2.75) is 39.0 Å². The number of hydrogen-bond acceptors (Lipinski definition) is 5. The van der Waals surface area contributed by atoms with Crippen molar-refractivity contribution in [3.05, 3.63) is 29.8 Å². The van der Waals surface area contributed by atoms with Crippen LogP contribution in [0.5, 0.6) is 0 Å². The predicted molar refractivity (Wildman–Crippen MR) is 79.1 cm³/mol. The van der Waals surface area contributed by atoms with Gasteiger partial charge in [-0.2, -0.15) is 0 Å². The van der Waals surface area contributed by atoms with Gasteiger partial charge in [0.05, 0.1) is 12.2 Å². The monoisotopic (exact) mass is 306 g/mol. The SMILES string of the molecule is CCCCCOC(=O)c1ccc(NC(=O)CCC(=O)[O-])cc1. The number of nitrogens with one attached hydrogen (secondary N) is 1. The minimum absolute atomic E-state index is 0.149. The fourth-order valence-corrected chi connectivity index (χ4v) is 1.73. The second kappa shape index (κ2) is 9.55. The molecule has 1 aromatic carbocycles. The molecule has 0 heterocycles. The van der Waals surface area contributed by atoms with Gasteiger partial charge in [-0.1, -0.05) is 19.8 Å². The smallest absolute Gasteiger partial charge is 0.338 e. The second-order valence-electron chi connectivity index (χ2n) is 4.84. The van der Waals surface area contributed by atoms with Crippen molar-refractivity contribution >= 4 is 23.5 Å². The molecule has 0 bridgehead atoms. The fourth-order valence-electron chi connectivity index (χ4n) is 1.73. The summed E-state index contributed by atoms with van der Waals surface area (Å²) in [5, 5.41) is 12.8. The second-order valence-corrected chi connectivity index (χ2v) is 4.84. The Kier molecular flexibility index (Phi) is 7.67. The summed E-state index contributed by atoms with van der Waals surface area (Å²) in [4.78, 5) is 33.4. The highest BCUT2D eigenvalue weighted by atomic mass is 16.5. The maximum atomic E-state index is 11.7. The highest BCUT2D eigenvalue weighted by Crippen LogP contribution is 2.11. The van der Waals surface area contributed by atoms with Crippen LogP contribution in [0.15, 0.2) is 24.3 Å². The van der Waals surface area contributed by atoms with E-state index in [1.165, 1.54) is 0 Å². The number of hydrogen-bond donors (Lipinski definition) is 1. The van der Waals surface area contributed by atoms with Gasteiger partial charge in [0.1, 0.15) is 0 Å². The topological polar surface area (TPSA) is 95.5 Å². The molecule has 6 heteroatoms. The van der Waals surface area contributed by atoms with Crippen molar-refractivity contribution in [2.75, 3.05) is 11.9 Å². The number of aliphatic carboxylic acids is 1. The van der Waals surface area contributed by atoms with Gasteiger partial charge in [0.2, 0.25) is 5.91 Å². The Balaban J connectivity index is 2.43. The Morgan fingerprint density at radius 1 is 1.09 bits per heavy atom. The van der Waals surface area contributed by atoms with E-state index in [9.17, 15) is 19.5 Å². The van der Waals surface area contributed by atoms with Gasteiger partial charge in [0.15, 0.2) is 0 Å². The maximum Gasteiger partial charge on any atom is 0.338 e. The number of esters is 1. The molecular weight excluding hydrogens is 286 g/mol. The molecule has 0 aliphatic rings. The Morgan fingerprint density at radius 2 is 1.77 bits per heavy atom. The summed E-state index contributed by atoms with van der Waals surface area (Å²) in [5.74, 6) is -2.08. The zero-order valence-corrected chi connectivity index (χ0v) is 12.6. The first kappa shape index (κ1) is 17.7. The number of anilines is 1. The zero-order chi connectivity index (χ0) is 16.4. The molecule has 0 saturated heterocycles. The molecule has 22 heavy (non-hydrogen) atoms. The number of carboxylic acids is 1. The number of ether oxygens (including phenoxy) is 1. The third kappa shape index (κ3) is 6.88. The maximum absolute atomic E-state index is 11.7. The summed E-state index contributed by atoms with van der Waals surface area (Å²) in [6, 6.07) is 6.24. The van der Waals surface area contributed by atoms with E-state index in [4.69, 9.17) is 4.74 Å². The van der Waals surface area contributed by atoms with Gasteiger partial charge >= 0.3 is 5.97 Å². The van der Waals surface area contributed by atoms with E-state index >= 15 is 0 Å². The van der Waals surface area contributed by atoms with E-state index < -0.39 is 17.8 Å². The summed E-state index contributed by atoms with van der Waals surface area (Å²) >= 11 is 0. The third-order valence-electron chi connectivity index (χ3n) is 2.94. The van der Waals surface area contributed by atoms with Gasteiger partial charge in [-0.3, -0.25) is 4.79 Å². The first-order chi connectivity index (χ1) is 10.5. The number of unbranched alkanes of at least 4 members (excludes halogenated alkanes) is 2. The van der Waals surface area contributed by atoms with Gasteiger partial charge < -0.3 is 20.0 Å². The van der Waals surface area contributed by atoms with Crippen molar-refractivity contribution < 1.29 is 24.2 Å². The van der Waals surface area contributed by atoms with Crippen molar-refractivity contribution in [2.24, 2.45) is 0 Å². The number of carbonyl (C=O) groups is 3. The van der Waals surface area contributed by atoms with E-state index in [0.717, 1.165) is 19.3 Å².